The fourth-order valence-electron chi connectivity index (χ4n) is 2.75. The first-order valence-corrected chi connectivity index (χ1v) is 8.50. The molecule has 176 valence electrons. The Kier molecular flexibility index (Phi) is 10.00. The lowest BCUT2D eigenvalue weighted by atomic mass is 9.77. The van der Waals surface area contributed by atoms with Crippen molar-refractivity contribution in [1.29, 1.82) is 0 Å². The van der Waals surface area contributed by atoms with Crippen LogP contribution in [0.15, 0.2) is 0 Å². The molecule has 15 nitrogen and oxygen atoms in total. The molecule has 0 bridgehead atoms. The molecule has 0 aromatic carbocycles. The highest BCUT2D eigenvalue weighted by Crippen LogP contribution is 2.29. The fraction of sp³-hybridized carbons (Fsp3) is 0.625. The van der Waals surface area contributed by atoms with E-state index in [1.165, 1.54) is 0 Å². The quantitative estimate of drug-likeness (QED) is 0.143. The number of carboxylic acids is 6. The minimum absolute atomic E-state index is 0.889. The van der Waals surface area contributed by atoms with E-state index in [1.807, 2.05) is 0 Å². The van der Waals surface area contributed by atoms with Crippen molar-refractivity contribution in [3.05, 3.63) is 0 Å². The molecule has 8 N–H and O–H groups in total. The average Bonchev–Trinajstić information content (AvgIpc) is 2.58. The van der Waals surface area contributed by atoms with Gasteiger partial charge in [0.25, 0.3) is 0 Å². The van der Waals surface area contributed by atoms with Gasteiger partial charge < -0.3 is 45.8 Å². The maximum atomic E-state index is 11.9. The van der Waals surface area contributed by atoms with Gasteiger partial charge in [-0.25, -0.2) is 9.59 Å². The van der Waals surface area contributed by atoms with Crippen LogP contribution in [0.2, 0.25) is 0 Å². The number of nitrogens with two attached hydrogens (primary N) is 1. The minimum atomic E-state index is -2.94. The lowest BCUT2D eigenvalue weighted by Gasteiger charge is -2.39. The SMILES string of the molecule is CC(OC(CC(=O)O)C(=O)O)C(C(=O)O)C(N)(C(=O)O)C(C)OC(CC(=O)O)C(=O)O. The molecular formula is C16H23NO14. The third-order valence-electron chi connectivity index (χ3n) is 4.31. The normalized spacial score (nSPS) is 17.9. The molecule has 6 atom stereocenters. The molecule has 15 heteroatoms. The van der Waals surface area contributed by atoms with Crippen molar-refractivity contribution in [1.82, 2.24) is 0 Å². The number of carboxylic acid groups (broad SMARTS) is 6. The Balaban J connectivity index is 6.07. The highest BCUT2D eigenvalue weighted by Gasteiger charge is 2.55. The first kappa shape index (κ1) is 27.7. The molecule has 0 heterocycles. The maximum absolute atomic E-state index is 11.9. The molecule has 0 aliphatic rings. The van der Waals surface area contributed by atoms with Crippen LogP contribution in [-0.2, 0) is 38.2 Å². The van der Waals surface area contributed by atoms with E-state index in [0.717, 1.165) is 13.8 Å². The zero-order chi connectivity index (χ0) is 24.7. The third kappa shape index (κ3) is 7.47. The molecule has 0 spiro atoms. The maximum Gasteiger partial charge on any atom is 0.333 e. The second-order valence-corrected chi connectivity index (χ2v) is 6.52. The van der Waals surface area contributed by atoms with Gasteiger partial charge in [0.05, 0.1) is 25.0 Å². The summed E-state index contributed by atoms with van der Waals surface area (Å²) in [7, 11) is 0. The van der Waals surface area contributed by atoms with Crippen LogP contribution in [0.5, 0.6) is 0 Å². The summed E-state index contributed by atoms with van der Waals surface area (Å²) in [6.07, 6.45) is -10.1. The number of carbonyl (C=O) groups is 6. The molecule has 0 aromatic heterocycles. The van der Waals surface area contributed by atoms with Crippen molar-refractivity contribution in [3.8, 4) is 0 Å². The number of aliphatic carboxylic acids is 6. The van der Waals surface area contributed by atoms with E-state index >= 15 is 0 Å². The van der Waals surface area contributed by atoms with Gasteiger partial charge in [0.2, 0.25) is 0 Å². The van der Waals surface area contributed by atoms with Crippen molar-refractivity contribution in [3.63, 3.8) is 0 Å². The van der Waals surface area contributed by atoms with Gasteiger partial charge in [-0.1, -0.05) is 0 Å². The molecule has 0 radical (unpaired) electrons. The standard InChI is InChI=1S/C16H23NO14/c1-5(30-7(12(22)23)3-9(18)19)11(14(26)27)16(17,15(28)29)6(2)31-8(13(24)25)4-10(20)21/h5-8,11H,3-4,17H2,1-2H3,(H,18,19)(H,20,21)(H,22,23)(H,24,25)(H,26,27)(H,28,29). The zero-order valence-electron chi connectivity index (χ0n) is 16.3. The highest BCUT2D eigenvalue weighted by molar-refractivity contribution is 5.88. The second kappa shape index (κ2) is 11.2. The van der Waals surface area contributed by atoms with Gasteiger partial charge >= 0.3 is 35.8 Å². The molecule has 0 fully saturated rings. The van der Waals surface area contributed by atoms with Crippen molar-refractivity contribution in [2.45, 2.75) is 56.6 Å². The molecule has 0 aliphatic heterocycles. The van der Waals surface area contributed by atoms with E-state index in [9.17, 15) is 39.0 Å². The minimum Gasteiger partial charge on any atom is -0.481 e. The summed E-state index contributed by atoms with van der Waals surface area (Å²) in [6, 6.07) is 0. The third-order valence-corrected chi connectivity index (χ3v) is 4.31. The van der Waals surface area contributed by atoms with Crippen LogP contribution in [0, 0.1) is 5.92 Å². The summed E-state index contributed by atoms with van der Waals surface area (Å²) in [6.45, 7) is 1.82. The van der Waals surface area contributed by atoms with Gasteiger partial charge in [-0.15, -0.1) is 0 Å². The van der Waals surface area contributed by atoms with Gasteiger partial charge in [0.15, 0.2) is 17.7 Å². The van der Waals surface area contributed by atoms with Crippen LogP contribution >= 0.6 is 0 Å². The van der Waals surface area contributed by atoms with E-state index in [-0.39, 0.29) is 0 Å². The van der Waals surface area contributed by atoms with Gasteiger partial charge in [0.1, 0.15) is 5.92 Å². The first-order chi connectivity index (χ1) is 14.0. The van der Waals surface area contributed by atoms with E-state index in [4.69, 9.17) is 35.6 Å². The van der Waals surface area contributed by atoms with E-state index in [2.05, 4.69) is 0 Å². The van der Waals surface area contributed by atoms with Crippen LogP contribution in [0.1, 0.15) is 26.7 Å². The van der Waals surface area contributed by atoms with Crippen LogP contribution in [0.3, 0.4) is 0 Å². The van der Waals surface area contributed by atoms with Gasteiger partial charge in [-0.05, 0) is 13.8 Å². The Morgan fingerprint density at radius 3 is 1.42 bits per heavy atom. The second-order valence-electron chi connectivity index (χ2n) is 6.52. The lowest BCUT2D eigenvalue weighted by Crippen LogP contribution is -2.67. The van der Waals surface area contributed by atoms with Gasteiger partial charge in [-0.2, -0.15) is 0 Å². The van der Waals surface area contributed by atoms with Gasteiger partial charge in [-0.3, -0.25) is 19.2 Å². The Morgan fingerprint density at radius 2 is 1.13 bits per heavy atom. The lowest BCUT2D eigenvalue weighted by molar-refractivity contribution is -0.185. The predicted molar refractivity (Wildman–Crippen MR) is 94.1 cm³/mol. The Hall–Kier alpha value is -3.30. The van der Waals surface area contributed by atoms with E-state index in [0.29, 0.717) is 0 Å². The molecule has 0 amide bonds. The fourth-order valence-corrected chi connectivity index (χ4v) is 2.75. The van der Waals surface area contributed by atoms with E-state index < -0.39 is 84.5 Å². The summed E-state index contributed by atoms with van der Waals surface area (Å²) in [5.74, 6) is -12.9. The average molecular weight is 453 g/mol. The number of hydrogen-bond donors (Lipinski definition) is 7. The zero-order valence-corrected chi connectivity index (χ0v) is 16.3. The monoisotopic (exact) mass is 453 g/mol. The molecule has 31 heavy (non-hydrogen) atoms. The smallest absolute Gasteiger partial charge is 0.333 e. The summed E-state index contributed by atoms with van der Waals surface area (Å²) in [5, 5.41) is 54.8. The molecule has 0 saturated carbocycles. The van der Waals surface area contributed by atoms with Crippen molar-refractivity contribution < 1.29 is 68.9 Å². The van der Waals surface area contributed by atoms with E-state index in [1.54, 1.807) is 0 Å². The summed E-state index contributed by atoms with van der Waals surface area (Å²) in [5.41, 5.74) is 2.83. The molecule has 0 aliphatic carbocycles. The van der Waals surface area contributed by atoms with Crippen LogP contribution in [-0.4, -0.2) is 96.4 Å². The Labute approximate surface area is 174 Å². The van der Waals surface area contributed by atoms with Crippen molar-refractivity contribution in [2.24, 2.45) is 11.7 Å². The largest absolute Gasteiger partial charge is 0.481 e. The highest BCUT2D eigenvalue weighted by atomic mass is 16.5. The topological polar surface area (TPSA) is 268 Å². The molecule has 0 saturated heterocycles. The number of hydrogen-bond acceptors (Lipinski definition) is 9. The molecule has 0 rings (SSSR count). The summed E-state index contributed by atoms with van der Waals surface area (Å²) < 4.78 is 9.87. The van der Waals surface area contributed by atoms with Crippen molar-refractivity contribution >= 4 is 35.8 Å². The summed E-state index contributed by atoms with van der Waals surface area (Å²) >= 11 is 0. The first-order valence-electron chi connectivity index (χ1n) is 8.50. The van der Waals surface area contributed by atoms with Crippen LogP contribution < -0.4 is 5.73 Å². The van der Waals surface area contributed by atoms with Crippen LogP contribution in [0.4, 0.5) is 0 Å². The summed E-state index contributed by atoms with van der Waals surface area (Å²) in [4.78, 5) is 67.6. The number of rotatable bonds is 15. The van der Waals surface area contributed by atoms with Crippen LogP contribution in [0.25, 0.3) is 0 Å². The Morgan fingerprint density at radius 1 is 0.742 bits per heavy atom. The molecular weight excluding hydrogens is 430 g/mol. The molecule has 6 unspecified atom stereocenters. The number of ether oxygens (including phenoxy) is 2. The van der Waals surface area contributed by atoms with Gasteiger partial charge in [0, 0.05) is 0 Å². The molecule has 0 aromatic rings. The van der Waals surface area contributed by atoms with Crippen molar-refractivity contribution in [2.75, 3.05) is 0 Å². The predicted octanol–water partition coefficient (Wildman–Crippen LogP) is -1.86. The Bertz CT molecular complexity index is 736.